The zero-order valence-corrected chi connectivity index (χ0v) is 10.1. The van der Waals surface area contributed by atoms with Crippen molar-refractivity contribution in [3.05, 3.63) is 17.5 Å². The molecule has 0 aliphatic carbocycles. The number of carbonyl (C=O) groups excluding carboxylic acids is 1. The fraction of sp³-hybridized carbons (Fsp3) is 0.667. The van der Waals surface area contributed by atoms with Crippen LogP contribution in [-0.2, 0) is 0 Å². The molecule has 1 amide bonds. The standard InChI is InChI=1S/C12H18N4O/c1-8-10(5-14-15-8)12(17)16-6-9-3-2-4-13-11(9)7-16/h5,9,11,13H,2-4,6-7H2,1H3,(H,14,15). The van der Waals surface area contributed by atoms with Crippen LogP contribution in [-0.4, -0.2) is 46.7 Å². The summed E-state index contributed by atoms with van der Waals surface area (Å²) in [5, 5.41) is 10.2. The van der Waals surface area contributed by atoms with Crippen LogP contribution in [0.2, 0.25) is 0 Å². The molecule has 1 aromatic heterocycles. The number of H-pyrrole nitrogens is 1. The number of likely N-dealkylation sites (tertiary alicyclic amines) is 1. The Hall–Kier alpha value is -1.36. The Morgan fingerprint density at radius 3 is 3.12 bits per heavy atom. The number of nitrogens with zero attached hydrogens (tertiary/aromatic N) is 2. The van der Waals surface area contributed by atoms with E-state index in [1.807, 2.05) is 11.8 Å². The first-order valence-electron chi connectivity index (χ1n) is 6.28. The maximum Gasteiger partial charge on any atom is 0.257 e. The van der Waals surface area contributed by atoms with Gasteiger partial charge in [0.25, 0.3) is 5.91 Å². The molecule has 0 spiro atoms. The third kappa shape index (κ3) is 1.84. The molecule has 2 aliphatic rings. The second-order valence-corrected chi connectivity index (χ2v) is 5.08. The van der Waals surface area contributed by atoms with Crippen molar-refractivity contribution in [3.63, 3.8) is 0 Å². The number of aromatic amines is 1. The van der Waals surface area contributed by atoms with Crippen LogP contribution in [0, 0.1) is 12.8 Å². The molecule has 0 aromatic carbocycles. The number of piperidine rings is 1. The van der Waals surface area contributed by atoms with Gasteiger partial charge >= 0.3 is 0 Å². The number of carbonyl (C=O) groups is 1. The summed E-state index contributed by atoms with van der Waals surface area (Å²) in [7, 11) is 0. The lowest BCUT2D eigenvalue weighted by atomic mass is 9.94. The first-order chi connectivity index (χ1) is 8.25. The van der Waals surface area contributed by atoms with Gasteiger partial charge in [0.15, 0.2) is 0 Å². The summed E-state index contributed by atoms with van der Waals surface area (Å²) in [5.41, 5.74) is 1.57. The Balaban J connectivity index is 1.74. The Labute approximate surface area is 101 Å². The van der Waals surface area contributed by atoms with Crippen LogP contribution in [0.1, 0.15) is 28.9 Å². The average Bonchev–Trinajstić information content (AvgIpc) is 2.93. The molecule has 5 nitrogen and oxygen atoms in total. The van der Waals surface area contributed by atoms with Crippen molar-refractivity contribution < 1.29 is 4.79 Å². The molecule has 2 N–H and O–H groups in total. The monoisotopic (exact) mass is 234 g/mol. The highest BCUT2D eigenvalue weighted by Crippen LogP contribution is 2.26. The zero-order chi connectivity index (χ0) is 11.8. The first-order valence-corrected chi connectivity index (χ1v) is 6.28. The van der Waals surface area contributed by atoms with Crippen molar-refractivity contribution in [3.8, 4) is 0 Å². The van der Waals surface area contributed by atoms with E-state index in [1.165, 1.54) is 12.8 Å². The molecule has 2 saturated heterocycles. The largest absolute Gasteiger partial charge is 0.337 e. The summed E-state index contributed by atoms with van der Waals surface area (Å²) in [6.45, 7) is 4.71. The molecular formula is C12H18N4O. The number of nitrogens with one attached hydrogen (secondary N) is 2. The molecule has 3 rings (SSSR count). The third-order valence-corrected chi connectivity index (χ3v) is 3.95. The van der Waals surface area contributed by atoms with Crippen molar-refractivity contribution in [2.75, 3.05) is 19.6 Å². The molecule has 2 atom stereocenters. The number of aromatic nitrogens is 2. The van der Waals surface area contributed by atoms with Gasteiger partial charge in [0.2, 0.25) is 0 Å². The lowest BCUT2D eigenvalue weighted by Crippen LogP contribution is -2.41. The van der Waals surface area contributed by atoms with Crippen LogP contribution in [0.15, 0.2) is 6.20 Å². The van der Waals surface area contributed by atoms with Crippen LogP contribution in [0.4, 0.5) is 0 Å². The van der Waals surface area contributed by atoms with E-state index in [9.17, 15) is 4.79 Å². The van der Waals surface area contributed by atoms with Crippen LogP contribution in [0.25, 0.3) is 0 Å². The lowest BCUT2D eigenvalue weighted by molar-refractivity contribution is 0.0785. The number of hydrogen-bond acceptors (Lipinski definition) is 3. The van der Waals surface area contributed by atoms with Gasteiger partial charge in [0.1, 0.15) is 0 Å². The molecule has 0 saturated carbocycles. The van der Waals surface area contributed by atoms with Gasteiger partial charge < -0.3 is 10.2 Å². The van der Waals surface area contributed by atoms with Gasteiger partial charge in [-0.3, -0.25) is 9.89 Å². The third-order valence-electron chi connectivity index (χ3n) is 3.95. The highest BCUT2D eigenvalue weighted by Gasteiger charge is 2.37. The normalized spacial score (nSPS) is 28.2. The van der Waals surface area contributed by atoms with E-state index in [0.29, 0.717) is 17.5 Å². The zero-order valence-electron chi connectivity index (χ0n) is 10.1. The molecular weight excluding hydrogens is 216 g/mol. The Kier molecular flexibility index (Phi) is 2.63. The molecule has 5 heteroatoms. The highest BCUT2D eigenvalue weighted by molar-refractivity contribution is 5.95. The molecule has 2 fully saturated rings. The number of rotatable bonds is 1. The van der Waals surface area contributed by atoms with Crippen molar-refractivity contribution in [1.82, 2.24) is 20.4 Å². The first kappa shape index (κ1) is 10.8. The average molecular weight is 234 g/mol. The minimum Gasteiger partial charge on any atom is -0.337 e. The fourth-order valence-electron chi connectivity index (χ4n) is 2.95. The highest BCUT2D eigenvalue weighted by atomic mass is 16.2. The molecule has 0 bridgehead atoms. The predicted octanol–water partition coefficient (Wildman–Crippen LogP) is 0.542. The van der Waals surface area contributed by atoms with Crippen molar-refractivity contribution in [1.29, 1.82) is 0 Å². The number of fused-ring (bicyclic) bond motifs is 1. The maximum atomic E-state index is 12.3. The second-order valence-electron chi connectivity index (χ2n) is 5.08. The van der Waals surface area contributed by atoms with Crippen LogP contribution in [0.5, 0.6) is 0 Å². The summed E-state index contributed by atoms with van der Waals surface area (Å²) in [6.07, 6.45) is 4.10. The summed E-state index contributed by atoms with van der Waals surface area (Å²) >= 11 is 0. The topological polar surface area (TPSA) is 61.0 Å². The van der Waals surface area contributed by atoms with E-state index in [0.717, 1.165) is 25.3 Å². The smallest absolute Gasteiger partial charge is 0.257 e. The second kappa shape index (κ2) is 4.14. The minimum atomic E-state index is 0.118. The minimum absolute atomic E-state index is 0.118. The van der Waals surface area contributed by atoms with Crippen LogP contribution in [0.3, 0.4) is 0 Å². The van der Waals surface area contributed by atoms with E-state index >= 15 is 0 Å². The van der Waals surface area contributed by atoms with Crippen molar-refractivity contribution >= 4 is 5.91 Å². The lowest BCUT2D eigenvalue weighted by Gasteiger charge is -2.24. The van der Waals surface area contributed by atoms with Crippen LogP contribution < -0.4 is 5.32 Å². The molecule has 0 radical (unpaired) electrons. The van der Waals surface area contributed by atoms with E-state index < -0.39 is 0 Å². The van der Waals surface area contributed by atoms with Gasteiger partial charge in [0, 0.05) is 24.8 Å². The molecule has 1 aromatic rings. The summed E-state index contributed by atoms with van der Waals surface area (Å²) < 4.78 is 0. The van der Waals surface area contributed by atoms with E-state index in [-0.39, 0.29) is 5.91 Å². The van der Waals surface area contributed by atoms with Crippen molar-refractivity contribution in [2.24, 2.45) is 5.92 Å². The SMILES string of the molecule is Cc1[nH]ncc1C(=O)N1CC2CCCNC2C1. The molecule has 92 valence electrons. The number of hydrogen-bond donors (Lipinski definition) is 2. The van der Waals surface area contributed by atoms with Gasteiger partial charge in [-0.15, -0.1) is 0 Å². The summed E-state index contributed by atoms with van der Waals surface area (Å²) in [5.74, 6) is 0.757. The summed E-state index contributed by atoms with van der Waals surface area (Å²) in [6, 6.07) is 0.500. The quantitative estimate of drug-likeness (QED) is 0.745. The Morgan fingerprint density at radius 1 is 1.53 bits per heavy atom. The predicted molar refractivity (Wildman–Crippen MR) is 63.7 cm³/mol. The Bertz CT molecular complexity index is 414. The molecule has 2 unspecified atom stereocenters. The van der Waals surface area contributed by atoms with E-state index in [4.69, 9.17) is 0 Å². The van der Waals surface area contributed by atoms with Gasteiger partial charge in [-0.2, -0.15) is 5.10 Å². The number of amides is 1. The fourth-order valence-corrected chi connectivity index (χ4v) is 2.95. The maximum absolute atomic E-state index is 12.3. The van der Waals surface area contributed by atoms with E-state index in [2.05, 4.69) is 15.5 Å². The van der Waals surface area contributed by atoms with Crippen molar-refractivity contribution in [2.45, 2.75) is 25.8 Å². The van der Waals surface area contributed by atoms with Gasteiger partial charge in [-0.05, 0) is 32.2 Å². The van der Waals surface area contributed by atoms with E-state index in [1.54, 1.807) is 6.20 Å². The summed E-state index contributed by atoms with van der Waals surface area (Å²) in [4.78, 5) is 14.3. The molecule has 3 heterocycles. The van der Waals surface area contributed by atoms with Gasteiger partial charge in [0.05, 0.1) is 11.8 Å². The van der Waals surface area contributed by atoms with Gasteiger partial charge in [-0.25, -0.2) is 0 Å². The Morgan fingerprint density at radius 2 is 2.41 bits per heavy atom. The van der Waals surface area contributed by atoms with Crippen LogP contribution >= 0.6 is 0 Å². The van der Waals surface area contributed by atoms with Gasteiger partial charge in [-0.1, -0.05) is 0 Å². The molecule has 2 aliphatic heterocycles. The molecule has 17 heavy (non-hydrogen) atoms. The number of aryl methyl sites for hydroxylation is 1.